The van der Waals surface area contributed by atoms with Crippen LogP contribution in [0.5, 0.6) is 5.75 Å². The summed E-state index contributed by atoms with van der Waals surface area (Å²) in [5.41, 5.74) is 8.07. The molecule has 3 rings (SSSR count). The molecule has 0 amide bonds. The molecule has 27 heavy (non-hydrogen) atoms. The number of hydrogen-bond acceptors (Lipinski definition) is 7. The summed E-state index contributed by atoms with van der Waals surface area (Å²) in [5, 5.41) is 12.9. The molecule has 1 aliphatic rings. The maximum Gasteiger partial charge on any atom is 0.151 e. The number of aromatic nitrogens is 2. The van der Waals surface area contributed by atoms with Gasteiger partial charge in [0.25, 0.3) is 0 Å². The van der Waals surface area contributed by atoms with Crippen molar-refractivity contribution < 1.29 is 15.3 Å². The van der Waals surface area contributed by atoms with E-state index in [1.165, 1.54) is 6.26 Å². The minimum atomic E-state index is -2.54. The lowest BCUT2D eigenvalue weighted by Crippen LogP contribution is -2.53. The molecule has 2 aromatic rings. The minimum Gasteiger partial charge on any atom is -0.491 e. The number of benzene rings is 1. The molecule has 0 spiro atoms. The first-order valence-electron chi connectivity index (χ1n) is 8.72. The number of hydrogen-bond donors (Lipinski definition) is 4. The summed E-state index contributed by atoms with van der Waals surface area (Å²) in [4.78, 5) is 1.97. The summed E-state index contributed by atoms with van der Waals surface area (Å²) in [5.74, 6) is 1.38. The summed E-state index contributed by atoms with van der Waals surface area (Å²) in [6.45, 7) is 4.98. The normalized spacial score (nSPS) is 15.7. The first-order valence-corrected chi connectivity index (χ1v) is 10.7. The third kappa shape index (κ3) is 4.05. The van der Waals surface area contributed by atoms with E-state index in [2.05, 4.69) is 5.10 Å². The topological polar surface area (TPSA) is 121 Å². The Morgan fingerprint density at radius 3 is 2.63 bits per heavy atom. The average Bonchev–Trinajstić information content (AvgIpc) is 2.86. The van der Waals surface area contributed by atoms with Gasteiger partial charge in [0.2, 0.25) is 0 Å². The van der Waals surface area contributed by atoms with Gasteiger partial charge in [-0.3, -0.25) is 19.2 Å². The highest BCUT2D eigenvalue weighted by atomic mass is 32.3. The number of nitrogens with one attached hydrogen (secondary N) is 1. The van der Waals surface area contributed by atoms with Crippen molar-refractivity contribution in [2.45, 2.75) is 25.2 Å². The number of ether oxygens (including phenoxy) is 1. The van der Waals surface area contributed by atoms with Crippen LogP contribution in [0.4, 0.5) is 11.5 Å². The Labute approximate surface area is 162 Å². The number of nitrogens with zero attached hydrogens (tertiary/aromatic N) is 3. The van der Waals surface area contributed by atoms with E-state index in [9.17, 15) is 9.11 Å². The molecule has 1 aromatic heterocycles. The van der Waals surface area contributed by atoms with E-state index in [0.717, 1.165) is 0 Å². The van der Waals surface area contributed by atoms with E-state index in [4.69, 9.17) is 15.9 Å². The van der Waals surface area contributed by atoms with Gasteiger partial charge < -0.3 is 15.4 Å². The lowest BCUT2D eigenvalue weighted by atomic mass is 10.0. The molecule has 0 bridgehead atoms. The number of anilines is 2. The largest absolute Gasteiger partial charge is 0.491 e. The highest BCUT2D eigenvalue weighted by molar-refractivity contribution is 8.24. The standard InChI is InChI=1S/C18H27N5O3S.H2/c1-11(2)26-12-5-6-15(19)14(7-12)18(20)16-8-17(21-22(16)3)23-9-13(10-23)27(4,24)25;/h5-8,11,13,20,24-25H,9-10,19H2,1-4H3;1H. The molecule has 0 atom stereocenters. The van der Waals surface area contributed by atoms with Gasteiger partial charge in [0.1, 0.15) is 5.75 Å². The molecule has 1 saturated heterocycles. The molecule has 0 saturated carbocycles. The van der Waals surface area contributed by atoms with Crippen molar-refractivity contribution in [3.63, 3.8) is 0 Å². The van der Waals surface area contributed by atoms with Crippen molar-refractivity contribution in [2.24, 2.45) is 7.05 Å². The van der Waals surface area contributed by atoms with E-state index in [-0.39, 0.29) is 18.5 Å². The van der Waals surface area contributed by atoms with Crippen LogP contribution < -0.4 is 15.4 Å². The summed E-state index contributed by atoms with van der Waals surface area (Å²) >= 11 is 0. The molecule has 0 radical (unpaired) electrons. The third-order valence-corrected chi connectivity index (χ3v) is 6.15. The van der Waals surface area contributed by atoms with Crippen molar-refractivity contribution in [3.05, 3.63) is 35.5 Å². The molecular formula is C18H29N5O3S. The summed E-state index contributed by atoms with van der Waals surface area (Å²) in [6.07, 6.45) is 1.51. The Morgan fingerprint density at radius 1 is 1.37 bits per heavy atom. The van der Waals surface area contributed by atoms with E-state index in [0.29, 0.717) is 41.6 Å². The zero-order chi connectivity index (χ0) is 19.9. The van der Waals surface area contributed by atoms with Crippen molar-refractivity contribution in [3.8, 4) is 5.75 Å². The fourth-order valence-electron chi connectivity index (χ4n) is 2.98. The zero-order valence-electron chi connectivity index (χ0n) is 16.0. The van der Waals surface area contributed by atoms with Crippen LogP contribution in [0.1, 0.15) is 26.5 Å². The molecule has 1 aliphatic heterocycles. The van der Waals surface area contributed by atoms with E-state index in [1.807, 2.05) is 24.8 Å². The molecule has 2 heterocycles. The highest BCUT2D eigenvalue weighted by Crippen LogP contribution is 2.45. The van der Waals surface area contributed by atoms with E-state index >= 15 is 0 Å². The molecule has 5 N–H and O–H groups in total. The van der Waals surface area contributed by atoms with Crippen molar-refractivity contribution in [2.75, 3.05) is 30.0 Å². The zero-order valence-corrected chi connectivity index (χ0v) is 16.8. The molecule has 8 nitrogen and oxygen atoms in total. The van der Waals surface area contributed by atoms with Crippen molar-refractivity contribution in [1.82, 2.24) is 9.78 Å². The van der Waals surface area contributed by atoms with Gasteiger partial charge in [-0.05, 0) is 32.0 Å². The molecule has 0 aliphatic carbocycles. The first-order chi connectivity index (χ1) is 12.6. The van der Waals surface area contributed by atoms with Crippen LogP contribution in [-0.2, 0) is 7.05 Å². The Morgan fingerprint density at radius 2 is 2.04 bits per heavy atom. The fraction of sp³-hybridized carbons (Fsp3) is 0.444. The maximum atomic E-state index is 9.74. The Kier molecular flexibility index (Phi) is 5.11. The van der Waals surface area contributed by atoms with Gasteiger partial charge in [-0.25, -0.2) is 0 Å². The van der Waals surface area contributed by atoms with Gasteiger partial charge in [-0.1, -0.05) is 0 Å². The second-order valence-electron chi connectivity index (χ2n) is 7.22. The smallest absolute Gasteiger partial charge is 0.151 e. The predicted octanol–water partition coefficient (Wildman–Crippen LogP) is 3.02. The monoisotopic (exact) mass is 395 g/mol. The Balaban J connectivity index is 0.00000280. The number of nitrogen functional groups attached to an aromatic ring is 1. The van der Waals surface area contributed by atoms with Gasteiger partial charge in [-0.15, -0.1) is 0 Å². The fourth-order valence-corrected chi connectivity index (χ4v) is 3.91. The highest BCUT2D eigenvalue weighted by Gasteiger charge is 2.36. The van der Waals surface area contributed by atoms with Crippen LogP contribution in [0.25, 0.3) is 0 Å². The SMILES string of the molecule is CC(C)Oc1ccc(N)c(C(=N)c2cc(N3CC(S(C)(O)O)C3)nn2C)c1.[HH]. The first kappa shape index (κ1) is 19.5. The lowest BCUT2D eigenvalue weighted by molar-refractivity contribution is 0.242. The summed E-state index contributed by atoms with van der Waals surface area (Å²) in [6, 6.07) is 7.14. The number of rotatable bonds is 6. The van der Waals surface area contributed by atoms with Crippen LogP contribution >= 0.6 is 10.6 Å². The average molecular weight is 396 g/mol. The second-order valence-corrected chi connectivity index (χ2v) is 9.68. The number of aryl methyl sites for hydroxylation is 1. The second kappa shape index (κ2) is 7.06. The van der Waals surface area contributed by atoms with Gasteiger partial charge in [0, 0.05) is 45.1 Å². The van der Waals surface area contributed by atoms with Crippen LogP contribution in [0.2, 0.25) is 0 Å². The van der Waals surface area contributed by atoms with Crippen molar-refractivity contribution in [1.29, 1.82) is 5.41 Å². The molecule has 0 unspecified atom stereocenters. The quantitative estimate of drug-likeness (QED) is 0.441. The summed E-state index contributed by atoms with van der Waals surface area (Å²) in [7, 11) is -0.758. The molecule has 9 heteroatoms. The Bertz CT molecular complexity index is 859. The van der Waals surface area contributed by atoms with Gasteiger partial charge in [0.15, 0.2) is 5.82 Å². The predicted molar refractivity (Wildman–Crippen MR) is 113 cm³/mol. The van der Waals surface area contributed by atoms with Gasteiger partial charge in [0.05, 0.1) is 22.8 Å². The molecule has 150 valence electrons. The van der Waals surface area contributed by atoms with E-state index < -0.39 is 10.6 Å². The van der Waals surface area contributed by atoms with Crippen LogP contribution in [0, 0.1) is 5.41 Å². The minimum absolute atomic E-state index is 0. The van der Waals surface area contributed by atoms with Crippen molar-refractivity contribution >= 4 is 27.8 Å². The van der Waals surface area contributed by atoms with Gasteiger partial charge in [-0.2, -0.15) is 15.7 Å². The lowest BCUT2D eigenvalue weighted by Gasteiger charge is -2.48. The van der Waals surface area contributed by atoms with E-state index in [1.54, 1.807) is 29.9 Å². The summed E-state index contributed by atoms with van der Waals surface area (Å²) < 4.78 is 26.8. The number of nitrogens with two attached hydrogens (primary N) is 1. The van der Waals surface area contributed by atoms with Crippen LogP contribution in [0.15, 0.2) is 24.3 Å². The molecule has 1 fully saturated rings. The third-order valence-electron chi connectivity index (χ3n) is 4.59. The van der Waals surface area contributed by atoms with Crippen LogP contribution in [0.3, 0.4) is 0 Å². The molecule has 1 aromatic carbocycles. The molecular weight excluding hydrogens is 366 g/mol. The Hall–Kier alpha value is -2.23. The maximum absolute atomic E-state index is 9.74. The van der Waals surface area contributed by atoms with Crippen LogP contribution in [-0.4, -0.2) is 55.3 Å². The van der Waals surface area contributed by atoms with Gasteiger partial charge >= 0.3 is 0 Å².